The van der Waals surface area contributed by atoms with E-state index < -0.39 is 0 Å². The van der Waals surface area contributed by atoms with E-state index in [9.17, 15) is 9.59 Å². The minimum absolute atomic E-state index is 0.311. The standard InChI is InChI=1S/C6H12N2O4/c9-5-11-3-1-7-8-2-4-12-6-10/h5-8H,1-4H2. The second-order valence-corrected chi connectivity index (χ2v) is 1.79. The molecule has 0 aromatic rings. The van der Waals surface area contributed by atoms with Crippen LogP contribution in [0.25, 0.3) is 0 Å². The molecule has 0 aliphatic carbocycles. The average molecular weight is 176 g/mol. The highest BCUT2D eigenvalue weighted by Gasteiger charge is 1.86. The fourth-order valence-corrected chi connectivity index (χ4v) is 0.493. The number of hydrogen-bond acceptors (Lipinski definition) is 6. The zero-order chi connectivity index (χ0) is 9.07. The molecule has 0 radical (unpaired) electrons. The van der Waals surface area contributed by atoms with Crippen molar-refractivity contribution in [2.24, 2.45) is 0 Å². The molecule has 0 amide bonds. The van der Waals surface area contributed by atoms with Gasteiger partial charge >= 0.3 is 0 Å². The van der Waals surface area contributed by atoms with Crippen LogP contribution >= 0.6 is 0 Å². The van der Waals surface area contributed by atoms with E-state index in [1.165, 1.54) is 0 Å². The van der Waals surface area contributed by atoms with Crippen LogP contribution in [0.2, 0.25) is 0 Å². The Morgan fingerprint density at radius 2 is 1.33 bits per heavy atom. The predicted octanol–water partition coefficient (Wildman–Crippen LogP) is -1.57. The number of rotatable bonds is 9. The molecule has 0 fully saturated rings. The van der Waals surface area contributed by atoms with Gasteiger partial charge in [0.15, 0.2) is 0 Å². The molecule has 0 aromatic carbocycles. The maximum Gasteiger partial charge on any atom is 0.293 e. The van der Waals surface area contributed by atoms with Gasteiger partial charge in [0.1, 0.15) is 13.2 Å². The zero-order valence-corrected chi connectivity index (χ0v) is 6.62. The second kappa shape index (κ2) is 9.86. The fourth-order valence-electron chi connectivity index (χ4n) is 0.493. The highest BCUT2D eigenvalue weighted by atomic mass is 16.5. The van der Waals surface area contributed by atoms with Gasteiger partial charge in [-0.1, -0.05) is 0 Å². The molecule has 70 valence electrons. The van der Waals surface area contributed by atoms with E-state index in [0.717, 1.165) is 0 Å². The Kier molecular flexibility index (Phi) is 8.92. The molecule has 6 heteroatoms. The lowest BCUT2D eigenvalue weighted by molar-refractivity contribution is -0.129. The van der Waals surface area contributed by atoms with E-state index in [0.29, 0.717) is 39.2 Å². The molecule has 0 aliphatic heterocycles. The van der Waals surface area contributed by atoms with Gasteiger partial charge in [-0.3, -0.25) is 20.4 Å². The van der Waals surface area contributed by atoms with Crippen LogP contribution in [0.4, 0.5) is 0 Å². The zero-order valence-electron chi connectivity index (χ0n) is 6.62. The van der Waals surface area contributed by atoms with E-state index >= 15 is 0 Å². The third-order valence-corrected chi connectivity index (χ3v) is 0.951. The molecule has 0 saturated heterocycles. The topological polar surface area (TPSA) is 76.7 Å². The van der Waals surface area contributed by atoms with E-state index in [2.05, 4.69) is 20.3 Å². The normalized spacial score (nSPS) is 9.00. The molecule has 0 unspecified atom stereocenters. The number of hydrazine groups is 1. The fraction of sp³-hybridized carbons (Fsp3) is 0.667. The summed E-state index contributed by atoms with van der Waals surface area (Å²) in [6.07, 6.45) is 0. The summed E-state index contributed by atoms with van der Waals surface area (Å²) < 4.78 is 8.78. The van der Waals surface area contributed by atoms with Gasteiger partial charge in [0, 0.05) is 13.1 Å². The maximum absolute atomic E-state index is 9.65. The summed E-state index contributed by atoms with van der Waals surface area (Å²) in [7, 11) is 0. The molecule has 12 heavy (non-hydrogen) atoms. The van der Waals surface area contributed by atoms with Gasteiger partial charge < -0.3 is 9.47 Å². The summed E-state index contributed by atoms with van der Waals surface area (Å²) in [5.74, 6) is 0. The van der Waals surface area contributed by atoms with Crippen molar-refractivity contribution in [3.63, 3.8) is 0 Å². The average Bonchev–Trinajstić information content (AvgIpc) is 2.10. The van der Waals surface area contributed by atoms with Gasteiger partial charge in [0.05, 0.1) is 0 Å². The van der Waals surface area contributed by atoms with Crippen molar-refractivity contribution in [3.8, 4) is 0 Å². The Balaban J connectivity index is 2.81. The van der Waals surface area contributed by atoms with Crippen molar-refractivity contribution < 1.29 is 19.1 Å². The predicted molar refractivity (Wildman–Crippen MR) is 40.0 cm³/mol. The van der Waals surface area contributed by atoms with Gasteiger partial charge in [0.2, 0.25) is 0 Å². The minimum Gasteiger partial charge on any atom is -0.466 e. The largest absolute Gasteiger partial charge is 0.466 e. The van der Waals surface area contributed by atoms with Crippen LogP contribution < -0.4 is 10.9 Å². The van der Waals surface area contributed by atoms with Crippen LogP contribution in [0.5, 0.6) is 0 Å². The number of ether oxygens (including phenoxy) is 2. The molecular weight excluding hydrogens is 164 g/mol. The van der Waals surface area contributed by atoms with E-state index in [1.54, 1.807) is 0 Å². The molecule has 0 saturated carbocycles. The lowest BCUT2D eigenvalue weighted by atomic mass is 10.7. The quantitative estimate of drug-likeness (QED) is 0.251. The first kappa shape index (κ1) is 10.9. The molecule has 0 bridgehead atoms. The highest BCUT2D eigenvalue weighted by Crippen LogP contribution is 1.64. The van der Waals surface area contributed by atoms with Crippen molar-refractivity contribution in [2.45, 2.75) is 0 Å². The van der Waals surface area contributed by atoms with Crippen LogP contribution in [-0.4, -0.2) is 39.2 Å². The van der Waals surface area contributed by atoms with E-state index in [4.69, 9.17) is 0 Å². The second-order valence-electron chi connectivity index (χ2n) is 1.79. The first-order chi connectivity index (χ1) is 5.91. The molecule has 0 atom stereocenters. The Bertz CT molecular complexity index is 106. The Hall–Kier alpha value is -1.14. The molecule has 6 nitrogen and oxygen atoms in total. The summed E-state index contributed by atoms with van der Waals surface area (Å²) in [4.78, 5) is 19.3. The first-order valence-corrected chi connectivity index (χ1v) is 3.48. The smallest absolute Gasteiger partial charge is 0.293 e. The minimum atomic E-state index is 0.311. The molecule has 2 N–H and O–H groups in total. The van der Waals surface area contributed by atoms with Gasteiger partial charge in [-0.2, -0.15) is 0 Å². The third-order valence-electron chi connectivity index (χ3n) is 0.951. The molecule has 0 spiro atoms. The van der Waals surface area contributed by atoms with Crippen molar-refractivity contribution in [1.82, 2.24) is 10.9 Å². The lowest BCUT2D eigenvalue weighted by Gasteiger charge is -2.04. The van der Waals surface area contributed by atoms with Gasteiger partial charge in [0.25, 0.3) is 12.9 Å². The van der Waals surface area contributed by atoms with Crippen molar-refractivity contribution in [1.29, 1.82) is 0 Å². The van der Waals surface area contributed by atoms with Crippen LogP contribution in [0.1, 0.15) is 0 Å². The SMILES string of the molecule is O=COCCNNCCOC=O. The number of hydrogen-bond donors (Lipinski definition) is 2. The number of carbonyl (C=O) groups excluding carboxylic acids is 2. The van der Waals surface area contributed by atoms with Crippen LogP contribution in [0.3, 0.4) is 0 Å². The summed E-state index contributed by atoms with van der Waals surface area (Å²) in [5.41, 5.74) is 5.50. The summed E-state index contributed by atoms with van der Waals surface area (Å²) in [5, 5.41) is 0. The first-order valence-electron chi connectivity index (χ1n) is 3.48. The van der Waals surface area contributed by atoms with E-state index in [-0.39, 0.29) is 0 Å². The molecule has 0 rings (SSSR count). The number of nitrogens with one attached hydrogen (secondary N) is 2. The van der Waals surface area contributed by atoms with Gasteiger partial charge in [-0.25, -0.2) is 0 Å². The van der Waals surface area contributed by atoms with Crippen LogP contribution in [-0.2, 0) is 19.1 Å². The molecule has 0 aromatic heterocycles. The molecule has 0 heterocycles. The molecular formula is C6H12N2O4. The van der Waals surface area contributed by atoms with Crippen molar-refractivity contribution in [3.05, 3.63) is 0 Å². The van der Waals surface area contributed by atoms with Gasteiger partial charge in [-0.15, -0.1) is 0 Å². The Morgan fingerprint density at radius 1 is 0.917 bits per heavy atom. The third kappa shape index (κ3) is 8.86. The Morgan fingerprint density at radius 3 is 1.67 bits per heavy atom. The van der Waals surface area contributed by atoms with Crippen molar-refractivity contribution >= 4 is 12.9 Å². The maximum atomic E-state index is 9.65. The summed E-state index contributed by atoms with van der Waals surface area (Å²) in [6.45, 7) is 2.42. The highest BCUT2D eigenvalue weighted by molar-refractivity contribution is 5.37. The van der Waals surface area contributed by atoms with Crippen LogP contribution in [0.15, 0.2) is 0 Å². The van der Waals surface area contributed by atoms with E-state index in [1.807, 2.05) is 0 Å². The van der Waals surface area contributed by atoms with Crippen molar-refractivity contribution in [2.75, 3.05) is 26.3 Å². The summed E-state index contributed by atoms with van der Waals surface area (Å²) in [6, 6.07) is 0. The van der Waals surface area contributed by atoms with Gasteiger partial charge in [-0.05, 0) is 0 Å². The van der Waals surface area contributed by atoms with Crippen LogP contribution in [0, 0.1) is 0 Å². The Labute approximate surface area is 70.2 Å². The summed E-state index contributed by atoms with van der Waals surface area (Å²) >= 11 is 0. The number of carbonyl (C=O) groups is 2. The molecule has 0 aliphatic rings. The lowest BCUT2D eigenvalue weighted by Crippen LogP contribution is -2.36. The monoisotopic (exact) mass is 176 g/mol.